The molecule has 0 aliphatic carbocycles. The predicted octanol–water partition coefficient (Wildman–Crippen LogP) is 1.16. The summed E-state index contributed by atoms with van der Waals surface area (Å²) in [5, 5.41) is 8.52. The topological polar surface area (TPSA) is 72.8 Å². The van der Waals surface area contributed by atoms with Crippen LogP contribution in [0.15, 0.2) is 12.2 Å². The number of cyclic esters (lactones) is 2. The molecule has 96 valence electrons. The summed E-state index contributed by atoms with van der Waals surface area (Å²) in [5.41, 5.74) is 0. The molecule has 0 bridgehead atoms. The molecule has 0 aromatic heterocycles. The molecule has 1 N–H and O–H groups in total. The van der Waals surface area contributed by atoms with E-state index in [0.717, 1.165) is 0 Å². The van der Waals surface area contributed by atoms with Gasteiger partial charge in [-0.25, -0.2) is 0 Å². The minimum atomic E-state index is -1.15. The highest BCUT2D eigenvalue weighted by Gasteiger charge is 2.42. The number of carbonyl (C=O) groups is 2. The molecular weight excluding hydrogens is 224 g/mol. The van der Waals surface area contributed by atoms with Gasteiger partial charge in [-0.2, -0.15) is 0 Å². The van der Waals surface area contributed by atoms with Crippen molar-refractivity contribution >= 4 is 11.9 Å². The van der Waals surface area contributed by atoms with E-state index < -0.39 is 23.6 Å². The average molecular weight is 242 g/mol. The fraction of sp³-hybridized carbons (Fsp3) is 0.667. The Bertz CT molecular complexity index is 299. The molecule has 0 spiro atoms. The number of esters is 2. The van der Waals surface area contributed by atoms with Crippen LogP contribution < -0.4 is 0 Å². The smallest absolute Gasteiger partial charge is 0.323 e. The standard InChI is InChI=1S/C12H18O5/c1-12(2)16-10(14)9(11(15)17-12)7-5-3-4-6-8-13/h4,6,9,13H,3,5,7-8H2,1-2H3. The van der Waals surface area contributed by atoms with Crippen molar-refractivity contribution in [1.29, 1.82) is 0 Å². The van der Waals surface area contributed by atoms with E-state index >= 15 is 0 Å². The lowest BCUT2D eigenvalue weighted by atomic mass is 10.0. The number of allylic oxidation sites excluding steroid dienone is 1. The molecule has 0 amide bonds. The van der Waals surface area contributed by atoms with E-state index in [4.69, 9.17) is 14.6 Å². The molecule has 1 saturated heterocycles. The van der Waals surface area contributed by atoms with Gasteiger partial charge in [0.05, 0.1) is 6.61 Å². The van der Waals surface area contributed by atoms with Crippen molar-refractivity contribution in [2.75, 3.05) is 6.61 Å². The summed E-state index contributed by atoms with van der Waals surface area (Å²) in [4.78, 5) is 23.1. The number of hydrogen-bond acceptors (Lipinski definition) is 5. The summed E-state index contributed by atoms with van der Waals surface area (Å²) >= 11 is 0. The Morgan fingerprint density at radius 3 is 2.35 bits per heavy atom. The van der Waals surface area contributed by atoms with Crippen LogP contribution >= 0.6 is 0 Å². The second kappa shape index (κ2) is 5.82. The molecule has 0 unspecified atom stereocenters. The van der Waals surface area contributed by atoms with Gasteiger partial charge in [0.25, 0.3) is 5.79 Å². The van der Waals surface area contributed by atoms with Crippen LogP contribution in [0.5, 0.6) is 0 Å². The Kier molecular flexibility index (Phi) is 4.69. The maximum Gasteiger partial charge on any atom is 0.323 e. The number of aliphatic hydroxyl groups is 1. The molecule has 0 atom stereocenters. The molecule has 1 fully saturated rings. The zero-order valence-electron chi connectivity index (χ0n) is 10.1. The first-order chi connectivity index (χ1) is 7.96. The molecule has 0 radical (unpaired) electrons. The van der Waals surface area contributed by atoms with E-state index in [9.17, 15) is 9.59 Å². The minimum absolute atomic E-state index is 0.00169. The zero-order chi connectivity index (χ0) is 12.9. The van der Waals surface area contributed by atoms with Crippen LogP contribution in [-0.2, 0) is 19.1 Å². The predicted molar refractivity (Wildman–Crippen MR) is 59.8 cm³/mol. The summed E-state index contributed by atoms with van der Waals surface area (Å²) in [6, 6.07) is 0. The van der Waals surface area contributed by atoms with Gasteiger partial charge in [-0.05, 0) is 19.3 Å². The Hall–Kier alpha value is -1.36. The second-order valence-electron chi connectivity index (χ2n) is 4.38. The number of unbranched alkanes of at least 4 members (excludes halogenated alkanes) is 1. The summed E-state index contributed by atoms with van der Waals surface area (Å²) in [5.74, 6) is -3.00. The van der Waals surface area contributed by atoms with Crippen molar-refractivity contribution in [3.8, 4) is 0 Å². The van der Waals surface area contributed by atoms with Crippen LogP contribution in [0, 0.1) is 5.92 Å². The molecule has 1 aliphatic rings. The average Bonchev–Trinajstić information content (AvgIpc) is 2.19. The first kappa shape index (κ1) is 13.7. The van der Waals surface area contributed by atoms with Crippen molar-refractivity contribution in [3.05, 3.63) is 12.2 Å². The number of carbonyl (C=O) groups excluding carboxylic acids is 2. The van der Waals surface area contributed by atoms with Gasteiger partial charge >= 0.3 is 11.9 Å². The first-order valence-electron chi connectivity index (χ1n) is 5.68. The van der Waals surface area contributed by atoms with Gasteiger partial charge in [0.1, 0.15) is 0 Å². The van der Waals surface area contributed by atoms with Crippen LogP contribution in [0.2, 0.25) is 0 Å². The molecule has 17 heavy (non-hydrogen) atoms. The molecule has 0 aromatic rings. The molecule has 5 heteroatoms. The molecule has 0 saturated carbocycles. The maximum atomic E-state index is 11.6. The number of ether oxygens (including phenoxy) is 2. The Morgan fingerprint density at radius 2 is 1.82 bits per heavy atom. The quantitative estimate of drug-likeness (QED) is 0.339. The highest BCUT2D eigenvalue weighted by Crippen LogP contribution is 2.26. The Labute approximate surface area is 100 Å². The largest absolute Gasteiger partial charge is 0.422 e. The number of aliphatic hydroxyl groups excluding tert-OH is 1. The molecule has 1 heterocycles. The maximum absolute atomic E-state index is 11.6. The van der Waals surface area contributed by atoms with Crippen molar-refractivity contribution < 1.29 is 24.2 Å². The summed E-state index contributed by atoms with van der Waals surface area (Å²) < 4.78 is 9.99. The van der Waals surface area contributed by atoms with Crippen LogP contribution in [0.3, 0.4) is 0 Å². The van der Waals surface area contributed by atoms with E-state index in [1.54, 1.807) is 6.08 Å². The van der Waals surface area contributed by atoms with Crippen molar-refractivity contribution in [2.45, 2.75) is 38.9 Å². The van der Waals surface area contributed by atoms with Gasteiger partial charge in [0, 0.05) is 13.8 Å². The molecule has 1 rings (SSSR count). The lowest BCUT2D eigenvalue weighted by molar-refractivity contribution is -0.240. The fourth-order valence-corrected chi connectivity index (χ4v) is 1.61. The Morgan fingerprint density at radius 1 is 1.24 bits per heavy atom. The third kappa shape index (κ3) is 4.19. The van der Waals surface area contributed by atoms with Gasteiger partial charge in [0.15, 0.2) is 5.92 Å². The highest BCUT2D eigenvalue weighted by molar-refractivity contribution is 5.96. The monoisotopic (exact) mass is 242 g/mol. The van der Waals surface area contributed by atoms with Crippen molar-refractivity contribution in [3.63, 3.8) is 0 Å². The second-order valence-corrected chi connectivity index (χ2v) is 4.38. The number of rotatable bonds is 5. The lowest BCUT2D eigenvalue weighted by Gasteiger charge is -2.32. The molecule has 1 aliphatic heterocycles. The fourth-order valence-electron chi connectivity index (χ4n) is 1.61. The summed E-state index contributed by atoms with van der Waals surface area (Å²) in [6.45, 7) is 3.06. The Balaban J connectivity index is 2.41. The zero-order valence-corrected chi connectivity index (χ0v) is 10.1. The van der Waals surface area contributed by atoms with E-state index in [-0.39, 0.29) is 6.61 Å². The minimum Gasteiger partial charge on any atom is -0.422 e. The summed E-state index contributed by atoms with van der Waals surface area (Å²) in [7, 11) is 0. The van der Waals surface area contributed by atoms with Crippen LogP contribution in [-0.4, -0.2) is 29.4 Å². The van der Waals surface area contributed by atoms with E-state index in [1.807, 2.05) is 6.08 Å². The van der Waals surface area contributed by atoms with Gasteiger partial charge in [-0.15, -0.1) is 0 Å². The molecular formula is C12H18O5. The van der Waals surface area contributed by atoms with E-state index in [2.05, 4.69) is 0 Å². The third-order valence-electron chi connectivity index (χ3n) is 2.40. The van der Waals surface area contributed by atoms with Gasteiger partial charge in [-0.1, -0.05) is 12.2 Å². The van der Waals surface area contributed by atoms with E-state index in [1.165, 1.54) is 13.8 Å². The van der Waals surface area contributed by atoms with Crippen molar-refractivity contribution in [2.24, 2.45) is 5.92 Å². The molecule has 0 aromatic carbocycles. The van der Waals surface area contributed by atoms with Gasteiger partial charge in [0.2, 0.25) is 0 Å². The molecule has 5 nitrogen and oxygen atoms in total. The van der Waals surface area contributed by atoms with Gasteiger partial charge < -0.3 is 14.6 Å². The highest BCUT2D eigenvalue weighted by atomic mass is 16.7. The SMILES string of the molecule is CC1(C)OC(=O)C(CCCC=CCO)C(=O)O1. The van der Waals surface area contributed by atoms with E-state index in [0.29, 0.717) is 19.3 Å². The number of hydrogen-bond donors (Lipinski definition) is 1. The van der Waals surface area contributed by atoms with Crippen LogP contribution in [0.1, 0.15) is 33.1 Å². The van der Waals surface area contributed by atoms with Gasteiger partial charge in [-0.3, -0.25) is 9.59 Å². The first-order valence-corrected chi connectivity index (χ1v) is 5.68. The van der Waals surface area contributed by atoms with Crippen LogP contribution in [0.25, 0.3) is 0 Å². The van der Waals surface area contributed by atoms with Crippen molar-refractivity contribution in [1.82, 2.24) is 0 Å². The lowest BCUT2D eigenvalue weighted by Crippen LogP contribution is -2.46. The normalized spacial score (nSPS) is 20.4. The third-order valence-corrected chi connectivity index (χ3v) is 2.40. The summed E-state index contributed by atoms with van der Waals surface area (Å²) in [6.07, 6.45) is 5.22. The van der Waals surface area contributed by atoms with Crippen LogP contribution in [0.4, 0.5) is 0 Å².